The van der Waals surface area contributed by atoms with Crippen LogP contribution in [0.2, 0.25) is 0 Å². The highest BCUT2D eigenvalue weighted by Gasteiger charge is 2.12. The maximum absolute atomic E-state index is 11.2. The molecule has 0 aliphatic carbocycles. The topological polar surface area (TPSA) is 85.4 Å². The maximum atomic E-state index is 11.2. The Morgan fingerprint density at radius 3 is 2.81 bits per heavy atom. The van der Waals surface area contributed by atoms with Gasteiger partial charge in [-0.2, -0.15) is 0 Å². The Morgan fingerprint density at radius 2 is 2.25 bits per heavy atom. The van der Waals surface area contributed by atoms with E-state index in [-0.39, 0.29) is 27.8 Å². The van der Waals surface area contributed by atoms with Crippen LogP contribution in [0, 0.1) is 0 Å². The van der Waals surface area contributed by atoms with Crippen molar-refractivity contribution >= 4 is 23.2 Å². The molecule has 0 unspecified atom stereocenters. The number of carbonyl (C=O) groups excluding carboxylic acids is 2. The van der Waals surface area contributed by atoms with E-state index in [9.17, 15) is 14.4 Å². The Hall–Kier alpha value is -1.76. The van der Waals surface area contributed by atoms with E-state index in [2.05, 4.69) is 15.0 Å². The van der Waals surface area contributed by atoms with E-state index in [1.165, 1.54) is 14.2 Å². The number of nitrogens with zero attached hydrogens (tertiary/aromatic N) is 1. The molecular weight excluding hydrogens is 232 g/mol. The second-order valence-corrected chi connectivity index (χ2v) is 3.88. The third-order valence-electron chi connectivity index (χ3n) is 1.70. The summed E-state index contributed by atoms with van der Waals surface area (Å²) in [4.78, 5) is 37.3. The van der Waals surface area contributed by atoms with Crippen molar-refractivity contribution < 1.29 is 14.3 Å². The average molecular weight is 242 g/mol. The number of rotatable bonds is 3. The van der Waals surface area contributed by atoms with Crippen LogP contribution < -0.4 is 10.1 Å². The summed E-state index contributed by atoms with van der Waals surface area (Å²) >= 11 is 0.828. The fraction of sp³-hybridized carbons (Fsp3) is 0.333. The van der Waals surface area contributed by atoms with Crippen LogP contribution in [0.25, 0.3) is 0 Å². The second kappa shape index (κ2) is 5.36. The summed E-state index contributed by atoms with van der Waals surface area (Å²) in [5.74, 6) is -0.965. The first kappa shape index (κ1) is 12.3. The molecule has 0 atom stereocenters. The first-order chi connectivity index (χ1) is 7.56. The van der Waals surface area contributed by atoms with E-state index in [1.54, 1.807) is 0 Å². The third-order valence-corrected chi connectivity index (χ3v) is 2.49. The molecule has 86 valence electrons. The minimum atomic E-state index is -0.692. The molecule has 6 nitrogen and oxygen atoms in total. The number of hydrogen-bond donors (Lipinski definition) is 1. The number of aromatic nitrogens is 1. The molecule has 1 amide bonds. The van der Waals surface area contributed by atoms with Crippen LogP contribution in [-0.2, 0) is 16.0 Å². The number of methoxy groups -OCH3 is 1. The predicted molar refractivity (Wildman–Crippen MR) is 57.5 cm³/mol. The van der Waals surface area contributed by atoms with Gasteiger partial charge in [0.15, 0.2) is 5.69 Å². The van der Waals surface area contributed by atoms with E-state index in [1.807, 2.05) is 0 Å². The van der Waals surface area contributed by atoms with Gasteiger partial charge in [0, 0.05) is 13.1 Å². The van der Waals surface area contributed by atoms with Gasteiger partial charge >= 0.3 is 5.97 Å². The lowest BCUT2D eigenvalue weighted by Crippen LogP contribution is -2.21. The largest absolute Gasteiger partial charge is 0.464 e. The van der Waals surface area contributed by atoms with Crippen LogP contribution in [0.15, 0.2) is 10.9 Å². The van der Waals surface area contributed by atoms with Gasteiger partial charge in [0.2, 0.25) is 10.6 Å². The van der Waals surface area contributed by atoms with Crippen molar-refractivity contribution in [1.82, 2.24) is 10.3 Å². The molecule has 1 rings (SSSR count). The number of amides is 1. The molecule has 0 spiro atoms. The third kappa shape index (κ3) is 3.13. The lowest BCUT2D eigenvalue weighted by molar-refractivity contribution is -0.119. The monoisotopic (exact) mass is 242 g/mol. The molecule has 0 bridgehead atoms. The Kier molecular flexibility index (Phi) is 4.12. The van der Waals surface area contributed by atoms with Crippen LogP contribution in [0.1, 0.15) is 15.5 Å². The molecule has 0 saturated heterocycles. The highest BCUT2D eigenvalue weighted by Crippen LogP contribution is 2.03. The summed E-state index contributed by atoms with van der Waals surface area (Å²) in [5.41, 5.74) is -0.0786. The number of hydrogen-bond acceptors (Lipinski definition) is 6. The fourth-order valence-corrected chi connectivity index (χ4v) is 1.71. The van der Waals surface area contributed by atoms with Gasteiger partial charge < -0.3 is 10.1 Å². The van der Waals surface area contributed by atoms with Crippen molar-refractivity contribution in [3.8, 4) is 0 Å². The lowest BCUT2D eigenvalue weighted by Gasteiger charge is -2.01. The van der Waals surface area contributed by atoms with Crippen LogP contribution >= 0.6 is 11.3 Å². The molecule has 0 saturated carbocycles. The molecule has 0 aliphatic heterocycles. The Labute approximate surface area is 95.3 Å². The van der Waals surface area contributed by atoms with Crippen molar-refractivity contribution in [3.05, 3.63) is 26.3 Å². The smallest absolute Gasteiger partial charge is 0.356 e. The molecular formula is C9H10N2O4S. The van der Waals surface area contributed by atoms with Gasteiger partial charge in [0.1, 0.15) is 5.01 Å². The van der Waals surface area contributed by atoms with Gasteiger partial charge in [-0.25, -0.2) is 9.78 Å². The van der Waals surface area contributed by atoms with Gasteiger partial charge in [-0.05, 0) is 0 Å². The molecule has 1 aromatic heterocycles. The molecule has 7 heteroatoms. The van der Waals surface area contributed by atoms with Crippen LogP contribution in [0.3, 0.4) is 0 Å². The zero-order valence-electron chi connectivity index (χ0n) is 8.77. The van der Waals surface area contributed by atoms with Crippen LogP contribution in [-0.4, -0.2) is 31.0 Å². The SMILES string of the molecule is CNC(=O)Cc1nc(C(=O)OC)cc(=O)s1. The molecule has 1 N–H and O–H groups in total. The second-order valence-electron chi connectivity index (χ2n) is 2.80. The first-order valence-corrected chi connectivity index (χ1v) is 5.18. The van der Waals surface area contributed by atoms with Crippen molar-refractivity contribution in [1.29, 1.82) is 0 Å². The number of esters is 1. The quantitative estimate of drug-likeness (QED) is 0.727. The summed E-state index contributed by atoms with van der Waals surface area (Å²) in [7, 11) is 2.68. The highest BCUT2D eigenvalue weighted by molar-refractivity contribution is 7.09. The predicted octanol–water partition coefficient (Wildman–Crippen LogP) is -0.422. The minimum absolute atomic E-state index is 0.0265. The molecule has 16 heavy (non-hydrogen) atoms. The maximum Gasteiger partial charge on any atom is 0.356 e. The Balaban J connectivity index is 3.03. The molecule has 0 aliphatic rings. The van der Waals surface area contributed by atoms with Crippen LogP contribution in [0.5, 0.6) is 0 Å². The Bertz CT molecular complexity index is 469. The molecule has 0 fully saturated rings. The van der Waals surface area contributed by atoms with Gasteiger partial charge in [0.25, 0.3) is 0 Å². The summed E-state index contributed by atoms with van der Waals surface area (Å²) in [6.45, 7) is 0. The molecule has 0 aromatic carbocycles. The van der Waals surface area contributed by atoms with E-state index < -0.39 is 5.97 Å². The molecule has 0 radical (unpaired) electrons. The first-order valence-electron chi connectivity index (χ1n) is 4.36. The zero-order chi connectivity index (χ0) is 12.1. The van der Waals surface area contributed by atoms with E-state index in [0.717, 1.165) is 17.4 Å². The summed E-state index contributed by atoms with van der Waals surface area (Å²) in [6, 6.07) is 1.09. The summed E-state index contributed by atoms with van der Waals surface area (Å²) < 4.78 is 4.10. The molecule has 1 heterocycles. The minimum Gasteiger partial charge on any atom is -0.464 e. The molecule has 1 aromatic rings. The van der Waals surface area contributed by atoms with Crippen molar-refractivity contribution in [2.45, 2.75) is 6.42 Å². The van der Waals surface area contributed by atoms with Gasteiger partial charge in [0.05, 0.1) is 13.5 Å². The van der Waals surface area contributed by atoms with Crippen LogP contribution in [0.4, 0.5) is 0 Å². The zero-order valence-corrected chi connectivity index (χ0v) is 9.59. The number of likely N-dealkylation sites (N-methyl/N-ethyl adjacent to an activating group) is 1. The van der Waals surface area contributed by atoms with Crippen molar-refractivity contribution in [3.63, 3.8) is 0 Å². The van der Waals surface area contributed by atoms with E-state index >= 15 is 0 Å². The number of nitrogens with one attached hydrogen (secondary N) is 1. The van der Waals surface area contributed by atoms with Crippen molar-refractivity contribution in [2.75, 3.05) is 14.2 Å². The van der Waals surface area contributed by atoms with Crippen molar-refractivity contribution in [2.24, 2.45) is 0 Å². The van der Waals surface area contributed by atoms with E-state index in [0.29, 0.717) is 0 Å². The lowest BCUT2D eigenvalue weighted by atomic mass is 10.4. The standard InChI is InChI=1S/C9H10N2O4S/c1-10-6(12)4-7-11-5(9(14)15-2)3-8(13)16-7/h3H,4H2,1-2H3,(H,10,12). The summed E-state index contributed by atoms with van der Waals surface area (Å²) in [6.07, 6.45) is -0.0265. The normalized spacial score (nSPS) is 9.62. The van der Waals surface area contributed by atoms with Gasteiger partial charge in [-0.3, -0.25) is 9.59 Å². The Morgan fingerprint density at radius 1 is 1.56 bits per heavy atom. The number of carbonyl (C=O) groups is 2. The van der Waals surface area contributed by atoms with Gasteiger partial charge in [-0.15, -0.1) is 0 Å². The van der Waals surface area contributed by atoms with Gasteiger partial charge in [-0.1, -0.05) is 11.3 Å². The summed E-state index contributed by atoms with van der Waals surface area (Å²) in [5, 5.41) is 2.69. The average Bonchev–Trinajstić information content (AvgIpc) is 2.27. The highest BCUT2D eigenvalue weighted by atomic mass is 32.1. The fourth-order valence-electron chi connectivity index (χ4n) is 0.957. The number of ether oxygens (including phenoxy) is 1. The van der Waals surface area contributed by atoms with E-state index in [4.69, 9.17) is 0 Å².